The highest BCUT2D eigenvalue weighted by atomic mass is 16.5. The van der Waals surface area contributed by atoms with E-state index in [1.54, 1.807) is 7.11 Å². The molecular formula is C11H24N2O. The lowest BCUT2D eigenvalue weighted by Gasteiger charge is -2.36. The zero-order chi connectivity index (χ0) is 10.4. The van der Waals surface area contributed by atoms with E-state index >= 15 is 0 Å². The Bertz CT molecular complexity index is 146. The van der Waals surface area contributed by atoms with Crippen molar-refractivity contribution in [3.05, 3.63) is 0 Å². The molecule has 84 valence electrons. The van der Waals surface area contributed by atoms with Crippen LogP contribution >= 0.6 is 0 Å². The van der Waals surface area contributed by atoms with Gasteiger partial charge in [0.2, 0.25) is 0 Å². The third-order valence-corrected chi connectivity index (χ3v) is 2.97. The predicted molar refractivity (Wildman–Crippen MR) is 59.3 cm³/mol. The van der Waals surface area contributed by atoms with E-state index < -0.39 is 0 Å². The number of rotatable bonds is 7. The first kappa shape index (κ1) is 12.0. The molecule has 0 aromatic heterocycles. The van der Waals surface area contributed by atoms with Gasteiger partial charge in [-0.2, -0.15) is 0 Å². The van der Waals surface area contributed by atoms with Crippen LogP contribution in [0.2, 0.25) is 0 Å². The molecule has 1 atom stereocenters. The molecular weight excluding hydrogens is 176 g/mol. The zero-order valence-corrected chi connectivity index (χ0v) is 9.46. The van der Waals surface area contributed by atoms with Gasteiger partial charge in [0.1, 0.15) is 0 Å². The van der Waals surface area contributed by atoms with E-state index in [-0.39, 0.29) is 0 Å². The molecule has 0 amide bonds. The molecule has 1 saturated carbocycles. The maximum Gasteiger partial charge on any atom is 0.0615 e. The van der Waals surface area contributed by atoms with Crippen molar-refractivity contribution in [2.75, 3.05) is 20.3 Å². The monoisotopic (exact) mass is 200 g/mol. The van der Waals surface area contributed by atoms with Crippen molar-refractivity contribution in [2.24, 2.45) is 11.7 Å². The largest absolute Gasteiger partial charge is 0.383 e. The minimum atomic E-state index is 0.501. The summed E-state index contributed by atoms with van der Waals surface area (Å²) in [5.41, 5.74) is 5.50. The van der Waals surface area contributed by atoms with Crippen molar-refractivity contribution in [2.45, 2.75) is 44.7 Å². The van der Waals surface area contributed by atoms with Crippen LogP contribution in [0.15, 0.2) is 0 Å². The van der Waals surface area contributed by atoms with Crippen LogP contribution in [0.5, 0.6) is 0 Å². The maximum atomic E-state index is 5.50. The Labute approximate surface area is 87.4 Å². The van der Waals surface area contributed by atoms with E-state index in [1.165, 1.54) is 12.8 Å². The summed E-state index contributed by atoms with van der Waals surface area (Å²) in [7, 11) is 1.76. The van der Waals surface area contributed by atoms with Gasteiger partial charge in [-0.25, -0.2) is 0 Å². The van der Waals surface area contributed by atoms with E-state index in [4.69, 9.17) is 10.5 Å². The summed E-state index contributed by atoms with van der Waals surface area (Å²) >= 11 is 0. The molecule has 0 spiro atoms. The van der Waals surface area contributed by atoms with Crippen molar-refractivity contribution in [1.29, 1.82) is 0 Å². The molecule has 0 aromatic rings. The summed E-state index contributed by atoms with van der Waals surface area (Å²) in [6.07, 6.45) is 4.87. The van der Waals surface area contributed by atoms with E-state index in [2.05, 4.69) is 12.2 Å². The summed E-state index contributed by atoms with van der Waals surface area (Å²) < 4.78 is 5.19. The van der Waals surface area contributed by atoms with Gasteiger partial charge in [0.25, 0.3) is 0 Å². The predicted octanol–water partition coefficient (Wildman–Crippen LogP) is 1.13. The van der Waals surface area contributed by atoms with E-state index in [0.717, 1.165) is 38.0 Å². The van der Waals surface area contributed by atoms with Crippen molar-refractivity contribution < 1.29 is 4.74 Å². The number of ether oxygens (including phenoxy) is 1. The minimum Gasteiger partial charge on any atom is -0.383 e. The molecule has 0 saturated heterocycles. The standard InChI is InChI=1S/C11H24N2O/c1-9-6-11(7-9)13-10(8-14-2)4-3-5-12/h9-11,13H,3-8,12H2,1-2H3. The van der Waals surface area contributed by atoms with Gasteiger partial charge in [0, 0.05) is 19.2 Å². The number of nitrogens with one attached hydrogen (secondary N) is 1. The van der Waals surface area contributed by atoms with Crippen molar-refractivity contribution in [3.63, 3.8) is 0 Å². The summed E-state index contributed by atoms with van der Waals surface area (Å²) in [6.45, 7) is 3.90. The molecule has 1 unspecified atom stereocenters. The Morgan fingerprint density at radius 1 is 1.50 bits per heavy atom. The highest BCUT2D eigenvalue weighted by Gasteiger charge is 2.26. The van der Waals surface area contributed by atoms with Crippen LogP contribution in [0.25, 0.3) is 0 Å². The zero-order valence-electron chi connectivity index (χ0n) is 9.46. The topological polar surface area (TPSA) is 47.3 Å². The fourth-order valence-corrected chi connectivity index (χ4v) is 2.15. The van der Waals surface area contributed by atoms with Gasteiger partial charge in [-0.15, -0.1) is 0 Å². The van der Waals surface area contributed by atoms with E-state index in [1.807, 2.05) is 0 Å². The van der Waals surface area contributed by atoms with Crippen LogP contribution < -0.4 is 11.1 Å². The third kappa shape index (κ3) is 3.95. The molecule has 0 radical (unpaired) electrons. The molecule has 3 nitrogen and oxygen atoms in total. The van der Waals surface area contributed by atoms with Crippen molar-refractivity contribution in [1.82, 2.24) is 5.32 Å². The number of nitrogens with two attached hydrogens (primary N) is 1. The average Bonchev–Trinajstić information content (AvgIpc) is 2.12. The third-order valence-electron chi connectivity index (χ3n) is 2.97. The van der Waals surface area contributed by atoms with Crippen LogP contribution in [0.4, 0.5) is 0 Å². The number of hydrogen-bond acceptors (Lipinski definition) is 3. The van der Waals surface area contributed by atoms with Crippen molar-refractivity contribution in [3.8, 4) is 0 Å². The molecule has 14 heavy (non-hydrogen) atoms. The average molecular weight is 200 g/mol. The quantitative estimate of drug-likeness (QED) is 0.647. The van der Waals surface area contributed by atoms with Gasteiger partial charge in [-0.05, 0) is 38.1 Å². The molecule has 1 aliphatic carbocycles. The summed E-state index contributed by atoms with van der Waals surface area (Å²) in [5, 5.41) is 3.64. The molecule has 0 aromatic carbocycles. The first-order valence-corrected chi connectivity index (χ1v) is 5.71. The van der Waals surface area contributed by atoms with Crippen LogP contribution in [0.1, 0.15) is 32.6 Å². The molecule has 3 N–H and O–H groups in total. The summed E-state index contributed by atoms with van der Waals surface area (Å²) in [5.74, 6) is 0.908. The second kappa shape index (κ2) is 6.38. The van der Waals surface area contributed by atoms with Gasteiger partial charge in [0.05, 0.1) is 6.61 Å². The van der Waals surface area contributed by atoms with Gasteiger partial charge in [-0.1, -0.05) is 6.92 Å². The Morgan fingerprint density at radius 3 is 2.71 bits per heavy atom. The second-order valence-electron chi connectivity index (χ2n) is 4.52. The SMILES string of the molecule is COCC(CCCN)NC1CC(C)C1. The van der Waals surface area contributed by atoms with Crippen molar-refractivity contribution >= 4 is 0 Å². The second-order valence-corrected chi connectivity index (χ2v) is 4.52. The lowest BCUT2D eigenvalue weighted by molar-refractivity contribution is 0.133. The number of methoxy groups -OCH3 is 1. The normalized spacial score (nSPS) is 28.5. The molecule has 0 aliphatic heterocycles. The summed E-state index contributed by atoms with van der Waals surface area (Å²) in [4.78, 5) is 0. The van der Waals surface area contributed by atoms with E-state index in [9.17, 15) is 0 Å². The minimum absolute atomic E-state index is 0.501. The number of hydrogen-bond donors (Lipinski definition) is 2. The van der Waals surface area contributed by atoms with E-state index in [0.29, 0.717) is 6.04 Å². The Kier molecular flexibility index (Phi) is 5.45. The molecule has 1 fully saturated rings. The molecule has 1 aliphatic rings. The fraction of sp³-hybridized carbons (Fsp3) is 1.00. The Balaban J connectivity index is 2.14. The molecule has 0 heterocycles. The summed E-state index contributed by atoms with van der Waals surface area (Å²) in [6, 6.07) is 1.23. The Morgan fingerprint density at radius 2 is 2.21 bits per heavy atom. The lowest BCUT2D eigenvalue weighted by atomic mass is 9.81. The highest BCUT2D eigenvalue weighted by Crippen LogP contribution is 2.26. The Hall–Kier alpha value is -0.120. The first-order chi connectivity index (χ1) is 6.76. The highest BCUT2D eigenvalue weighted by molar-refractivity contribution is 4.85. The van der Waals surface area contributed by atoms with Gasteiger partial charge in [0.15, 0.2) is 0 Å². The van der Waals surface area contributed by atoms with Gasteiger partial charge in [-0.3, -0.25) is 0 Å². The van der Waals surface area contributed by atoms with Crippen LogP contribution in [-0.4, -0.2) is 32.3 Å². The molecule has 0 bridgehead atoms. The molecule has 1 rings (SSSR count). The lowest BCUT2D eigenvalue weighted by Crippen LogP contribution is -2.47. The van der Waals surface area contributed by atoms with Gasteiger partial charge < -0.3 is 15.8 Å². The fourth-order valence-electron chi connectivity index (χ4n) is 2.15. The molecule has 3 heteroatoms. The first-order valence-electron chi connectivity index (χ1n) is 5.71. The smallest absolute Gasteiger partial charge is 0.0615 e. The van der Waals surface area contributed by atoms with Gasteiger partial charge >= 0.3 is 0 Å². The maximum absolute atomic E-state index is 5.50. The van der Waals surface area contributed by atoms with Crippen LogP contribution in [0.3, 0.4) is 0 Å². The van der Waals surface area contributed by atoms with Crippen LogP contribution in [-0.2, 0) is 4.74 Å². The van der Waals surface area contributed by atoms with Crippen LogP contribution in [0, 0.1) is 5.92 Å².